The van der Waals surface area contributed by atoms with Gasteiger partial charge in [0.2, 0.25) is 0 Å². The van der Waals surface area contributed by atoms with E-state index < -0.39 is 35.1 Å². The number of benzene rings is 3. The van der Waals surface area contributed by atoms with Crippen molar-refractivity contribution in [1.82, 2.24) is 4.98 Å². The second-order valence-electron chi connectivity index (χ2n) is 8.81. The highest BCUT2D eigenvalue weighted by atomic mass is 19.2. The lowest BCUT2D eigenvalue weighted by Crippen LogP contribution is -2.29. The number of carbonyl (C=O) groups is 2. The smallest absolute Gasteiger partial charge is 0.300 e. The number of aliphatic hydroxyl groups is 1. The third-order valence-electron chi connectivity index (χ3n) is 6.31. The third kappa shape index (κ3) is 4.64. The Morgan fingerprint density at radius 1 is 0.974 bits per heavy atom. The Morgan fingerprint density at radius 2 is 1.76 bits per heavy atom. The number of aliphatic hydroxyl groups excluding tert-OH is 1. The summed E-state index contributed by atoms with van der Waals surface area (Å²) in [5, 5.41) is 11.3. The maximum Gasteiger partial charge on any atom is 0.300 e. The lowest BCUT2D eigenvalue weighted by atomic mass is 9.95. The van der Waals surface area contributed by atoms with Gasteiger partial charge < -0.3 is 9.84 Å². The summed E-state index contributed by atoms with van der Waals surface area (Å²) >= 11 is 0. The topological polar surface area (TPSA) is 79.7 Å². The zero-order chi connectivity index (χ0) is 26.8. The number of amides is 1. The summed E-state index contributed by atoms with van der Waals surface area (Å²) in [6.45, 7) is 2.16. The van der Waals surface area contributed by atoms with Crippen molar-refractivity contribution >= 4 is 23.1 Å². The van der Waals surface area contributed by atoms with E-state index in [-0.39, 0.29) is 11.3 Å². The molecule has 1 aromatic heterocycles. The Labute approximate surface area is 217 Å². The van der Waals surface area contributed by atoms with Gasteiger partial charge in [-0.2, -0.15) is 0 Å². The predicted octanol–water partition coefficient (Wildman–Crippen LogP) is 5.87. The van der Waals surface area contributed by atoms with Gasteiger partial charge in [0, 0.05) is 29.7 Å². The molecule has 1 atom stereocenters. The molecular formula is C30H22F2N2O4. The highest BCUT2D eigenvalue weighted by Crippen LogP contribution is 2.42. The van der Waals surface area contributed by atoms with Gasteiger partial charge in [-0.25, -0.2) is 8.78 Å². The van der Waals surface area contributed by atoms with Crippen LogP contribution in [0.5, 0.6) is 5.75 Å². The van der Waals surface area contributed by atoms with E-state index in [9.17, 15) is 23.5 Å². The van der Waals surface area contributed by atoms with Gasteiger partial charge in [0.25, 0.3) is 11.7 Å². The molecule has 4 aromatic rings. The molecule has 1 aliphatic heterocycles. The molecule has 1 saturated heterocycles. The number of halogens is 2. The van der Waals surface area contributed by atoms with Crippen LogP contribution in [0.2, 0.25) is 0 Å². The molecule has 0 aliphatic carbocycles. The van der Waals surface area contributed by atoms with E-state index in [1.807, 2.05) is 30.3 Å². The number of pyridine rings is 1. The molecule has 1 unspecified atom stereocenters. The summed E-state index contributed by atoms with van der Waals surface area (Å²) in [6, 6.07) is 19.6. The van der Waals surface area contributed by atoms with Gasteiger partial charge in [-0.15, -0.1) is 0 Å². The van der Waals surface area contributed by atoms with Crippen LogP contribution in [0.1, 0.15) is 28.3 Å². The first-order valence-corrected chi connectivity index (χ1v) is 11.8. The molecule has 0 bridgehead atoms. The van der Waals surface area contributed by atoms with E-state index in [0.717, 1.165) is 22.6 Å². The molecule has 190 valence electrons. The fourth-order valence-corrected chi connectivity index (χ4v) is 4.44. The maximum atomic E-state index is 14.1. The molecule has 0 radical (unpaired) electrons. The van der Waals surface area contributed by atoms with Crippen LogP contribution in [-0.4, -0.2) is 21.8 Å². The van der Waals surface area contributed by atoms with Crippen LogP contribution < -0.4 is 9.64 Å². The molecule has 38 heavy (non-hydrogen) atoms. The predicted molar refractivity (Wildman–Crippen MR) is 137 cm³/mol. The van der Waals surface area contributed by atoms with Crippen molar-refractivity contribution < 1.29 is 28.2 Å². The van der Waals surface area contributed by atoms with E-state index in [0.29, 0.717) is 29.0 Å². The minimum absolute atomic E-state index is 0.0280. The highest BCUT2D eigenvalue weighted by molar-refractivity contribution is 6.51. The average molecular weight is 513 g/mol. The van der Waals surface area contributed by atoms with Crippen LogP contribution >= 0.6 is 0 Å². The van der Waals surface area contributed by atoms with E-state index >= 15 is 0 Å². The minimum atomic E-state index is -1.17. The number of aryl methyl sites for hydroxylation is 1. The molecule has 0 spiro atoms. The van der Waals surface area contributed by atoms with E-state index in [2.05, 4.69) is 4.98 Å². The van der Waals surface area contributed by atoms with Gasteiger partial charge in [0.1, 0.15) is 18.1 Å². The molecule has 6 nitrogen and oxygen atoms in total. The van der Waals surface area contributed by atoms with Crippen molar-refractivity contribution in [3.8, 4) is 5.75 Å². The Bertz CT molecular complexity index is 1560. The summed E-state index contributed by atoms with van der Waals surface area (Å²) < 4.78 is 33.6. The molecule has 1 aliphatic rings. The number of nitrogens with zero attached hydrogens (tertiary/aromatic N) is 2. The number of hydrogen-bond donors (Lipinski definition) is 1. The first-order chi connectivity index (χ1) is 18.3. The number of hydrogen-bond acceptors (Lipinski definition) is 5. The van der Waals surface area contributed by atoms with Crippen LogP contribution in [0.15, 0.2) is 96.8 Å². The SMILES string of the molecule is Cc1cc(/C(O)=C2\C(=O)C(=O)N(c3ccc(F)c(F)c3)C2c2cccnc2)ccc1OCc1ccccc1. The monoisotopic (exact) mass is 512 g/mol. The minimum Gasteiger partial charge on any atom is -0.507 e. The molecule has 1 N–H and O–H groups in total. The fourth-order valence-electron chi connectivity index (χ4n) is 4.44. The summed E-state index contributed by atoms with van der Waals surface area (Å²) in [4.78, 5) is 31.5. The molecule has 1 fully saturated rings. The molecule has 1 amide bonds. The van der Waals surface area contributed by atoms with Crippen LogP contribution in [0.3, 0.4) is 0 Å². The van der Waals surface area contributed by atoms with E-state index in [1.54, 1.807) is 37.3 Å². The highest BCUT2D eigenvalue weighted by Gasteiger charge is 2.47. The van der Waals surface area contributed by atoms with Gasteiger partial charge in [-0.3, -0.25) is 19.5 Å². The standard InChI is InChI=1S/C30H22F2N2O4/c1-18-14-20(9-12-25(18)38-17-19-6-3-2-4-7-19)28(35)26-27(21-8-5-13-33-16-21)34(30(37)29(26)36)22-10-11-23(31)24(32)15-22/h2-16,27,35H,17H2,1H3/b28-26+. The van der Waals surface area contributed by atoms with Gasteiger partial charge in [0.05, 0.1) is 11.6 Å². The average Bonchev–Trinajstić information content (AvgIpc) is 3.20. The molecule has 5 rings (SSSR count). The maximum absolute atomic E-state index is 14.1. The number of Topliss-reactive ketones (excluding diaryl/α,β-unsaturated/α-hetero) is 1. The fraction of sp³-hybridized carbons (Fsp3) is 0.100. The summed E-state index contributed by atoms with van der Waals surface area (Å²) in [5.74, 6) is -4.00. The number of carbonyl (C=O) groups excluding carboxylic acids is 2. The van der Waals surface area contributed by atoms with Crippen molar-refractivity contribution in [2.45, 2.75) is 19.6 Å². The second kappa shape index (κ2) is 10.3. The zero-order valence-corrected chi connectivity index (χ0v) is 20.3. The Kier molecular flexibility index (Phi) is 6.70. The van der Waals surface area contributed by atoms with Gasteiger partial charge in [-0.1, -0.05) is 36.4 Å². The first kappa shape index (κ1) is 24.8. The van der Waals surface area contributed by atoms with Gasteiger partial charge in [0.15, 0.2) is 11.6 Å². The number of anilines is 1. The van der Waals surface area contributed by atoms with Crippen molar-refractivity contribution in [2.75, 3.05) is 4.90 Å². The first-order valence-electron chi connectivity index (χ1n) is 11.8. The van der Waals surface area contributed by atoms with E-state index in [4.69, 9.17) is 4.74 Å². The quantitative estimate of drug-likeness (QED) is 0.199. The molecular weight excluding hydrogens is 490 g/mol. The van der Waals surface area contributed by atoms with E-state index in [1.165, 1.54) is 18.5 Å². The van der Waals surface area contributed by atoms with Crippen molar-refractivity contribution in [3.05, 3.63) is 131 Å². The Balaban J connectivity index is 1.55. The van der Waals surface area contributed by atoms with Crippen LogP contribution in [0.25, 0.3) is 5.76 Å². The Hall–Kier alpha value is -4.85. The summed E-state index contributed by atoms with van der Waals surface area (Å²) in [7, 11) is 0. The van der Waals surface area contributed by atoms with Gasteiger partial charge >= 0.3 is 0 Å². The molecule has 8 heteroatoms. The summed E-state index contributed by atoms with van der Waals surface area (Å²) in [6.07, 6.45) is 2.97. The third-order valence-corrected chi connectivity index (χ3v) is 6.31. The number of ketones is 1. The largest absolute Gasteiger partial charge is 0.507 e. The molecule has 2 heterocycles. The molecule has 0 saturated carbocycles. The lowest BCUT2D eigenvalue weighted by molar-refractivity contribution is -0.132. The van der Waals surface area contributed by atoms with Crippen LogP contribution in [0.4, 0.5) is 14.5 Å². The number of rotatable bonds is 6. The van der Waals surface area contributed by atoms with Crippen molar-refractivity contribution in [3.63, 3.8) is 0 Å². The number of aromatic nitrogens is 1. The summed E-state index contributed by atoms with van der Waals surface area (Å²) in [5.41, 5.74) is 2.19. The van der Waals surface area contributed by atoms with Gasteiger partial charge in [-0.05, 0) is 60.0 Å². The zero-order valence-electron chi connectivity index (χ0n) is 20.3. The van der Waals surface area contributed by atoms with Crippen molar-refractivity contribution in [1.29, 1.82) is 0 Å². The van der Waals surface area contributed by atoms with Crippen LogP contribution in [0, 0.1) is 18.6 Å². The number of ether oxygens (including phenoxy) is 1. The second-order valence-corrected chi connectivity index (χ2v) is 8.81. The molecule has 3 aromatic carbocycles. The van der Waals surface area contributed by atoms with Crippen LogP contribution in [-0.2, 0) is 16.2 Å². The normalized spacial score (nSPS) is 16.6. The Morgan fingerprint density at radius 3 is 2.45 bits per heavy atom. The lowest BCUT2D eigenvalue weighted by Gasteiger charge is -2.25. The van der Waals surface area contributed by atoms with Crippen molar-refractivity contribution in [2.24, 2.45) is 0 Å².